The molecule has 0 fully saturated rings. The Morgan fingerprint density at radius 1 is 1.27 bits per heavy atom. The molecule has 0 aliphatic rings. The summed E-state index contributed by atoms with van der Waals surface area (Å²) in [5, 5.41) is 7.42. The normalized spacial score (nSPS) is 6.27. The van der Waals surface area contributed by atoms with E-state index in [4.69, 9.17) is 16.5 Å². The molecule has 0 saturated heterocycles. The van der Waals surface area contributed by atoms with Gasteiger partial charge in [0.1, 0.15) is 0 Å². The molecule has 0 amide bonds. The van der Waals surface area contributed by atoms with Crippen LogP contribution in [-0.2, 0) is 23.4 Å². The van der Waals surface area contributed by atoms with Gasteiger partial charge in [0.2, 0.25) is 0 Å². The van der Waals surface area contributed by atoms with E-state index >= 15 is 0 Å². The summed E-state index contributed by atoms with van der Waals surface area (Å²) in [5.41, 5.74) is 0.701. The first-order chi connectivity index (χ1) is 6.66. The van der Waals surface area contributed by atoms with Crippen molar-refractivity contribution < 1.29 is 28.5 Å². The van der Waals surface area contributed by atoms with Crippen LogP contribution < -0.4 is 0 Å². The summed E-state index contributed by atoms with van der Waals surface area (Å²) >= 11 is 0. The predicted octanol–water partition coefficient (Wildman–Crippen LogP) is 3.35. The Balaban J connectivity index is -0.000000179. The van der Waals surface area contributed by atoms with Crippen LogP contribution in [0.2, 0.25) is 0 Å². The second kappa shape index (κ2) is 15.2. The molecule has 0 bridgehead atoms. The van der Waals surface area contributed by atoms with Crippen molar-refractivity contribution in [2.75, 3.05) is 0 Å². The van der Waals surface area contributed by atoms with Gasteiger partial charge in [0.25, 0.3) is 5.97 Å². The zero-order chi connectivity index (χ0) is 11.4. The van der Waals surface area contributed by atoms with Crippen molar-refractivity contribution in [1.29, 1.82) is 0 Å². The zero-order valence-corrected chi connectivity index (χ0v) is 10.5. The number of hydrogen-bond acceptors (Lipinski definition) is 1. The van der Waals surface area contributed by atoms with Gasteiger partial charge in [0, 0.05) is 25.5 Å². The third-order valence-corrected chi connectivity index (χ3v) is 0.885. The molecule has 0 heterocycles. The predicted molar refractivity (Wildman–Crippen MR) is 57.4 cm³/mol. The van der Waals surface area contributed by atoms with E-state index in [0.717, 1.165) is 6.92 Å². The van der Waals surface area contributed by atoms with E-state index in [1.54, 1.807) is 12.1 Å². The van der Waals surface area contributed by atoms with Crippen LogP contribution in [0.4, 0.5) is 5.69 Å². The number of carboxylic acid groups (broad SMARTS) is 1. The number of benzene rings is 1. The summed E-state index contributed by atoms with van der Waals surface area (Å²) in [6.45, 7) is 11.7. The van der Waals surface area contributed by atoms with E-state index < -0.39 is 5.97 Å². The molecular formula is C11H15NO2V. The minimum Gasteiger partial charge on any atom is -0.481 e. The number of para-hydroxylation sites is 1. The van der Waals surface area contributed by atoms with Gasteiger partial charge in [-0.15, -0.1) is 0 Å². The van der Waals surface area contributed by atoms with Crippen LogP contribution in [-0.4, -0.2) is 11.1 Å². The first kappa shape index (κ1) is 19.4. The Labute approximate surface area is 103 Å². The molecule has 0 atom stereocenters. The molecular weight excluding hydrogens is 229 g/mol. The molecule has 1 aromatic carbocycles. The molecule has 0 spiro atoms. The van der Waals surface area contributed by atoms with E-state index in [1.807, 2.05) is 32.0 Å². The van der Waals surface area contributed by atoms with Crippen LogP contribution in [0.1, 0.15) is 20.8 Å². The molecule has 1 rings (SSSR count). The number of rotatable bonds is 0. The molecule has 0 aliphatic heterocycles. The molecule has 1 aromatic rings. The fourth-order valence-corrected chi connectivity index (χ4v) is 0.503. The second-order valence-corrected chi connectivity index (χ2v) is 1.97. The van der Waals surface area contributed by atoms with Crippen LogP contribution in [0.5, 0.6) is 0 Å². The Bertz CT molecular complexity index is 276. The van der Waals surface area contributed by atoms with Gasteiger partial charge in [-0.05, 0) is 0 Å². The first-order valence-electron chi connectivity index (χ1n) is 4.29. The van der Waals surface area contributed by atoms with Crippen LogP contribution in [0.3, 0.4) is 0 Å². The van der Waals surface area contributed by atoms with E-state index in [2.05, 4.69) is 4.85 Å². The number of carbonyl (C=O) groups is 1. The SMILES string of the molecule is CC.CC(=O)O.[C-]#[N+]c1ccccc1.[V]. The van der Waals surface area contributed by atoms with Crippen LogP contribution in [0.15, 0.2) is 30.3 Å². The van der Waals surface area contributed by atoms with Crippen molar-refractivity contribution in [2.24, 2.45) is 0 Å². The average Bonchev–Trinajstić information content (AvgIpc) is 2.21. The van der Waals surface area contributed by atoms with Gasteiger partial charge < -0.3 is 5.11 Å². The van der Waals surface area contributed by atoms with Crippen LogP contribution in [0.25, 0.3) is 4.85 Å². The maximum Gasteiger partial charge on any atom is 0.300 e. The molecule has 3 nitrogen and oxygen atoms in total. The number of hydrogen-bond donors (Lipinski definition) is 1. The van der Waals surface area contributed by atoms with E-state index in [0.29, 0.717) is 5.69 Å². The Morgan fingerprint density at radius 3 is 1.80 bits per heavy atom. The van der Waals surface area contributed by atoms with Gasteiger partial charge in [-0.3, -0.25) is 4.79 Å². The average molecular weight is 244 g/mol. The first-order valence-corrected chi connectivity index (χ1v) is 4.29. The second-order valence-electron chi connectivity index (χ2n) is 1.97. The fourth-order valence-electron chi connectivity index (χ4n) is 0.503. The summed E-state index contributed by atoms with van der Waals surface area (Å²) < 4.78 is 0. The Hall–Kier alpha value is -1.24. The minimum atomic E-state index is -0.833. The van der Waals surface area contributed by atoms with Crippen molar-refractivity contribution in [1.82, 2.24) is 0 Å². The Morgan fingerprint density at radius 2 is 1.60 bits per heavy atom. The third-order valence-electron chi connectivity index (χ3n) is 0.885. The van der Waals surface area contributed by atoms with Gasteiger partial charge in [0.15, 0.2) is 5.69 Å². The van der Waals surface area contributed by atoms with Crippen molar-refractivity contribution in [3.8, 4) is 0 Å². The number of aliphatic carboxylic acids is 1. The largest absolute Gasteiger partial charge is 0.481 e. The van der Waals surface area contributed by atoms with Crippen molar-refractivity contribution in [2.45, 2.75) is 20.8 Å². The Kier molecular flexibility index (Phi) is 19.7. The van der Waals surface area contributed by atoms with Crippen LogP contribution in [0, 0.1) is 6.57 Å². The molecule has 81 valence electrons. The molecule has 0 aromatic heterocycles. The van der Waals surface area contributed by atoms with Gasteiger partial charge >= 0.3 is 0 Å². The van der Waals surface area contributed by atoms with Crippen LogP contribution >= 0.6 is 0 Å². The quantitative estimate of drug-likeness (QED) is 0.711. The molecule has 0 saturated carbocycles. The smallest absolute Gasteiger partial charge is 0.300 e. The van der Waals surface area contributed by atoms with Gasteiger partial charge in [-0.25, -0.2) is 4.85 Å². The van der Waals surface area contributed by atoms with Gasteiger partial charge in [-0.2, -0.15) is 0 Å². The number of nitrogens with zero attached hydrogens (tertiary/aromatic N) is 1. The topological polar surface area (TPSA) is 41.7 Å². The molecule has 1 radical (unpaired) electrons. The van der Waals surface area contributed by atoms with Gasteiger partial charge in [-0.1, -0.05) is 44.2 Å². The molecule has 1 N–H and O–H groups in total. The van der Waals surface area contributed by atoms with Crippen molar-refractivity contribution >= 4 is 11.7 Å². The molecule has 4 heteroatoms. The maximum absolute atomic E-state index is 9.00. The summed E-state index contributed by atoms with van der Waals surface area (Å²) in [6.07, 6.45) is 0. The minimum absolute atomic E-state index is 0. The van der Waals surface area contributed by atoms with E-state index in [9.17, 15) is 0 Å². The van der Waals surface area contributed by atoms with E-state index in [1.165, 1.54) is 0 Å². The summed E-state index contributed by atoms with van der Waals surface area (Å²) in [4.78, 5) is 12.2. The zero-order valence-electron chi connectivity index (χ0n) is 9.14. The molecule has 0 aliphatic carbocycles. The van der Waals surface area contributed by atoms with Crippen molar-refractivity contribution in [3.63, 3.8) is 0 Å². The summed E-state index contributed by atoms with van der Waals surface area (Å²) in [7, 11) is 0. The molecule has 0 unspecified atom stereocenters. The molecule has 15 heavy (non-hydrogen) atoms. The van der Waals surface area contributed by atoms with E-state index in [-0.39, 0.29) is 18.6 Å². The summed E-state index contributed by atoms with van der Waals surface area (Å²) in [6, 6.07) is 9.18. The number of carboxylic acids is 1. The summed E-state index contributed by atoms with van der Waals surface area (Å²) in [5.74, 6) is -0.833. The third kappa shape index (κ3) is 19.3. The maximum atomic E-state index is 9.00. The monoisotopic (exact) mass is 244 g/mol. The standard InChI is InChI=1S/C7H5N.C2H4O2.C2H6.V/c1-8-7-5-3-2-4-6-7;1-2(3)4;1-2;/h2-6H;1H3,(H,3,4);1-2H3;. The fraction of sp³-hybridized carbons (Fsp3) is 0.273. The van der Waals surface area contributed by atoms with Gasteiger partial charge in [0.05, 0.1) is 6.57 Å². The van der Waals surface area contributed by atoms with Crippen molar-refractivity contribution in [3.05, 3.63) is 41.7 Å².